The first-order valence-corrected chi connectivity index (χ1v) is 14.0. The van der Waals surface area contributed by atoms with E-state index in [2.05, 4.69) is 13.8 Å². The number of carbonyl (C=O) groups is 1. The van der Waals surface area contributed by atoms with Crippen LogP contribution in [0, 0.1) is 17.5 Å². The van der Waals surface area contributed by atoms with Crippen LogP contribution in [0.5, 0.6) is 0 Å². The van der Waals surface area contributed by atoms with Gasteiger partial charge in [0.05, 0.1) is 5.56 Å². The molecule has 0 spiro atoms. The Morgan fingerprint density at radius 1 is 0.816 bits per heavy atom. The van der Waals surface area contributed by atoms with Gasteiger partial charge in [0.2, 0.25) is 0 Å². The third-order valence-corrected chi connectivity index (χ3v) is 7.65. The fraction of sp³-hybridized carbons (Fsp3) is 0.424. The highest BCUT2D eigenvalue weighted by atomic mass is 19.2. The molecule has 1 saturated carbocycles. The van der Waals surface area contributed by atoms with Gasteiger partial charge in [0.15, 0.2) is 11.6 Å². The Kier molecular flexibility index (Phi) is 9.65. The van der Waals surface area contributed by atoms with Crippen LogP contribution in [-0.2, 0) is 17.6 Å². The van der Waals surface area contributed by atoms with Gasteiger partial charge in [-0.25, -0.2) is 18.0 Å². The molecular formula is C33H37F3O2. The predicted molar refractivity (Wildman–Crippen MR) is 146 cm³/mol. The average molecular weight is 523 g/mol. The predicted octanol–water partition coefficient (Wildman–Crippen LogP) is 9.34. The molecule has 4 rings (SSSR count). The van der Waals surface area contributed by atoms with Gasteiger partial charge in [0.25, 0.3) is 0 Å². The molecular weight excluding hydrogens is 485 g/mol. The molecule has 0 saturated heterocycles. The molecule has 0 aromatic heterocycles. The number of esters is 1. The van der Waals surface area contributed by atoms with Crippen molar-refractivity contribution in [1.82, 2.24) is 0 Å². The Balaban J connectivity index is 1.35. The lowest BCUT2D eigenvalue weighted by Gasteiger charge is -2.29. The van der Waals surface area contributed by atoms with Gasteiger partial charge in [-0.1, -0.05) is 75.6 Å². The molecule has 0 atom stereocenters. The van der Waals surface area contributed by atoms with Crippen LogP contribution in [0.3, 0.4) is 0 Å². The van der Waals surface area contributed by atoms with Gasteiger partial charge in [-0.3, -0.25) is 0 Å². The second-order valence-electron chi connectivity index (χ2n) is 10.4. The number of hydrogen-bond acceptors (Lipinski definition) is 2. The maximum Gasteiger partial charge on any atom is 0.341 e. The lowest BCUT2D eigenvalue weighted by atomic mass is 9.82. The molecule has 0 bridgehead atoms. The van der Waals surface area contributed by atoms with Crippen LogP contribution in [0.15, 0.2) is 54.6 Å². The average Bonchev–Trinajstić information content (AvgIpc) is 2.92. The van der Waals surface area contributed by atoms with Crippen LogP contribution in [0.2, 0.25) is 0 Å². The first kappa shape index (κ1) is 27.9. The molecule has 1 fully saturated rings. The van der Waals surface area contributed by atoms with E-state index in [0.29, 0.717) is 18.4 Å². The number of aryl methyl sites for hydroxylation is 2. The SMILES string of the molecule is CCCCCc1ccc(C2CCC(OC(=O)c3ccc(-c4ccc(CCC)cc4)c(F)c3F)CC2)cc1F. The van der Waals surface area contributed by atoms with Crippen molar-refractivity contribution >= 4 is 5.97 Å². The van der Waals surface area contributed by atoms with Crippen molar-refractivity contribution in [2.75, 3.05) is 0 Å². The monoisotopic (exact) mass is 522 g/mol. The van der Waals surface area contributed by atoms with E-state index in [1.165, 1.54) is 12.1 Å². The van der Waals surface area contributed by atoms with E-state index >= 15 is 0 Å². The minimum atomic E-state index is -1.19. The Morgan fingerprint density at radius 2 is 1.55 bits per heavy atom. The van der Waals surface area contributed by atoms with E-state index in [9.17, 15) is 18.0 Å². The Hall–Kier alpha value is -3.08. The minimum absolute atomic E-state index is 0.117. The van der Waals surface area contributed by atoms with Crippen molar-refractivity contribution in [3.05, 3.63) is 94.3 Å². The number of carbonyl (C=O) groups excluding carboxylic acids is 1. The Bertz CT molecular complexity index is 1230. The standard InChI is InChI=1S/C33H37F3O2/c1-3-5-6-8-25-13-14-26(21-30(25)34)23-15-17-27(18-16-23)38-33(37)29-20-19-28(31(35)32(29)36)24-11-9-22(7-4-2)10-12-24/h9-14,19-21,23,27H,3-8,15-18H2,1-2H3. The molecule has 0 aliphatic heterocycles. The van der Waals surface area contributed by atoms with E-state index in [4.69, 9.17) is 4.74 Å². The molecule has 0 N–H and O–H groups in total. The number of benzene rings is 3. The van der Waals surface area contributed by atoms with Crippen LogP contribution in [0.1, 0.15) is 98.2 Å². The van der Waals surface area contributed by atoms with Gasteiger partial charge in [-0.05, 0) is 85.3 Å². The number of halogens is 3. The molecule has 2 nitrogen and oxygen atoms in total. The molecule has 0 heterocycles. The number of ether oxygens (including phenoxy) is 1. The van der Waals surface area contributed by atoms with E-state index in [-0.39, 0.29) is 23.4 Å². The third-order valence-electron chi connectivity index (χ3n) is 7.65. The number of unbranched alkanes of at least 4 members (excludes halogenated alkanes) is 2. The molecule has 38 heavy (non-hydrogen) atoms. The zero-order chi connectivity index (χ0) is 27.1. The number of hydrogen-bond donors (Lipinski definition) is 0. The topological polar surface area (TPSA) is 26.3 Å². The smallest absolute Gasteiger partial charge is 0.341 e. The molecule has 0 radical (unpaired) electrons. The van der Waals surface area contributed by atoms with E-state index in [1.54, 1.807) is 18.2 Å². The summed E-state index contributed by atoms with van der Waals surface area (Å²) in [6.45, 7) is 4.22. The molecule has 3 aromatic carbocycles. The third kappa shape index (κ3) is 6.67. The molecule has 202 valence electrons. The summed E-state index contributed by atoms with van der Waals surface area (Å²) in [6.07, 6.45) is 8.20. The van der Waals surface area contributed by atoms with Gasteiger partial charge in [0, 0.05) is 5.56 Å². The summed E-state index contributed by atoms with van der Waals surface area (Å²) in [5, 5.41) is 0. The van der Waals surface area contributed by atoms with Crippen LogP contribution in [-0.4, -0.2) is 12.1 Å². The van der Waals surface area contributed by atoms with E-state index in [0.717, 1.165) is 68.1 Å². The van der Waals surface area contributed by atoms with Gasteiger partial charge in [-0.2, -0.15) is 0 Å². The van der Waals surface area contributed by atoms with Crippen molar-refractivity contribution in [2.45, 2.75) is 90.1 Å². The second-order valence-corrected chi connectivity index (χ2v) is 10.4. The summed E-state index contributed by atoms with van der Waals surface area (Å²) < 4.78 is 50.0. The fourth-order valence-electron chi connectivity index (χ4n) is 5.38. The largest absolute Gasteiger partial charge is 0.459 e. The van der Waals surface area contributed by atoms with Crippen molar-refractivity contribution in [3.8, 4) is 11.1 Å². The molecule has 0 unspecified atom stereocenters. The summed E-state index contributed by atoms with van der Waals surface area (Å²) >= 11 is 0. The zero-order valence-corrected chi connectivity index (χ0v) is 22.4. The highest BCUT2D eigenvalue weighted by Crippen LogP contribution is 2.35. The highest BCUT2D eigenvalue weighted by molar-refractivity contribution is 5.90. The van der Waals surface area contributed by atoms with E-state index in [1.807, 2.05) is 24.3 Å². The Morgan fingerprint density at radius 3 is 2.21 bits per heavy atom. The van der Waals surface area contributed by atoms with Crippen LogP contribution < -0.4 is 0 Å². The molecule has 3 aromatic rings. The minimum Gasteiger partial charge on any atom is -0.459 e. The maximum atomic E-state index is 14.9. The second kappa shape index (κ2) is 13.1. The maximum absolute atomic E-state index is 14.9. The summed E-state index contributed by atoms with van der Waals surface area (Å²) in [5.41, 5.74) is 3.15. The number of rotatable bonds is 10. The first-order valence-electron chi connectivity index (χ1n) is 14.0. The quantitative estimate of drug-likeness (QED) is 0.196. The van der Waals surface area contributed by atoms with Crippen molar-refractivity contribution < 1.29 is 22.7 Å². The highest BCUT2D eigenvalue weighted by Gasteiger charge is 2.28. The van der Waals surface area contributed by atoms with Crippen molar-refractivity contribution in [3.63, 3.8) is 0 Å². The van der Waals surface area contributed by atoms with E-state index < -0.39 is 23.2 Å². The van der Waals surface area contributed by atoms with Crippen LogP contribution in [0.4, 0.5) is 13.2 Å². The molecule has 1 aliphatic carbocycles. The van der Waals surface area contributed by atoms with Gasteiger partial charge in [-0.15, -0.1) is 0 Å². The van der Waals surface area contributed by atoms with Crippen molar-refractivity contribution in [1.29, 1.82) is 0 Å². The van der Waals surface area contributed by atoms with Crippen LogP contribution in [0.25, 0.3) is 11.1 Å². The van der Waals surface area contributed by atoms with Crippen molar-refractivity contribution in [2.24, 2.45) is 0 Å². The summed E-state index contributed by atoms with van der Waals surface area (Å²) in [6, 6.07) is 15.6. The molecule has 5 heteroatoms. The fourth-order valence-corrected chi connectivity index (χ4v) is 5.38. The zero-order valence-electron chi connectivity index (χ0n) is 22.4. The summed E-state index contributed by atoms with van der Waals surface area (Å²) in [7, 11) is 0. The van der Waals surface area contributed by atoms with Gasteiger partial charge < -0.3 is 4.74 Å². The summed E-state index contributed by atoms with van der Waals surface area (Å²) in [5.74, 6) is -3.04. The normalized spacial score (nSPS) is 17.4. The molecule has 0 amide bonds. The lowest BCUT2D eigenvalue weighted by molar-refractivity contribution is 0.0189. The summed E-state index contributed by atoms with van der Waals surface area (Å²) in [4.78, 5) is 12.7. The Labute approximate surface area is 224 Å². The lowest BCUT2D eigenvalue weighted by Crippen LogP contribution is -2.24. The first-order chi connectivity index (χ1) is 18.4. The van der Waals surface area contributed by atoms with Crippen LogP contribution >= 0.6 is 0 Å². The van der Waals surface area contributed by atoms with Gasteiger partial charge in [0.1, 0.15) is 11.9 Å². The van der Waals surface area contributed by atoms with Gasteiger partial charge >= 0.3 is 5.97 Å². The molecule has 1 aliphatic rings.